The molecule has 0 radical (unpaired) electrons. The molecule has 0 aliphatic carbocycles. The summed E-state index contributed by atoms with van der Waals surface area (Å²) in [6.45, 7) is 0. The van der Waals surface area contributed by atoms with Crippen LogP contribution in [0.5, 0.6) is 0 Å². The number of aryl methyl sites for hydroxylation is 1. The highest BCUT2D eigenvalue weighted by Crippen LogP contribution is 2.39. The van der Waals surface area contributed by atoms with Crippen LogP contribution in [0.15, 0.2) is 23.1 Å². The minimum absolute atomic E-state index is 0.126. The largest absolute Gasteiger partial charge is 0.446 e. The zero-order valence-electron chi connectivity index (χ0n) is 8.01. The molecule has 0 amide bonds. The molecule has 0 fully saturated rings. The zero-order valence-corrected chi connectivity index (χ0v) is 11.0. The van der Waals surface area contributed by atoms with Crippen molar-refractivity contribution in [1.82, 2.24) is 0 Å². The molecule has 0 aliphatic rings. The Morgan fingerprint density at radius 2 is 2.06 bits per heavy atom. The molecule has 0 aliphatic heterocycles. The van der Waals surface area contributed by atoms with Crippen LogP contribution >= 0.6 is 34.4 Å². The molecular weight excluding hydrogens is 350 g/mol. The van der Waals surface area contributed by atoms with Gasteiger partial charge in [0.05, 0.1) is 6.07 Å². The SMILES string of the molecule is N#CCCc1cc(I)ccc1SC(F)(F)F. The molecule has 0 N–H and O–H groups in total. The van der Waals surface area contributed by atoms with Crippen molar-refractivity contribution in [2.45, 2.75) is 23.2 Å². The second kappa shape index (κ2) is 5.77. The van der Waals surface area contributed by atoms with E-state index >= 15 is 0 Å². The molecule has 0 saturated carbocycles. The molecule has 1 nitrogen and oxygen atoms in total. The van der Waals surface area contributed by atoms with Gasteiger partial charge in [0, 0.05) is 14.9 Å². The van der Waals surface area contributed by atoms with Crippen LogP contribution in [0, 0.1) is 14.9 Å². The first-order valence-electron chi connectivity index (χ1n) is 4.33. The molecule has 0 atom stereocenters. The van der Waals surface area contributed by atoms with Crippen LogP contribution in [0.2, 0.25) is 0 Å². The van der Waals surface area contributed by atoms with E-state index in [-0.39, 0.29) is 23.1 Å². The van der Waals surface area contributed by atoms with Gasteiger partial charge in [-0.1, -0.05) is 0 Å². The lowest BCUT2D eigenvalue weighted by Gasteiger charge is -2.10. The third-order valence-corrected chi connectivity index (χ3v) is 3.27. The van der Waals surface area contributed by atoms with Gasteiger partial charge in [0.25, 0.3) is 0 Å². The van der Waals surface area contributed by atoms with E-state index in [4.69, 9.17) is 5.26 Å². The fourth-order valence-electron chi connectivity index (χ4n) is 1.16. The van der Waals surface area contributed by atoms with Gasteiger partial charge in [-0.05, 0) is 64.5 Å². The molecule has 1 aromatic carbocycles. The molecular formula is C10H7F3INS. The Hall–Kier alpha value is -0.420. The Balaban J connectivity index is 2.94. The van der Waals surface area contributed by atoms with Crippen LogP contribution in [0.1, 0.15) is 12.0 Å². The minimum Gasteiger partial charge on any atom is -0.198 e. The number of hydrogen-bond acceptors (Lipinski definition) is 2. The van der Waals surface area contributed by atoms with E-state index in [1.807, 2.05) is 28.7 Å². The molecule has 1 rings (SSSR count). The molecule has 1 aromatic rings. The Morgan fingerprint density at radius 1 is 1.38 bits per heavy atom. The van der Waals surface area contributed by atoms with Crippen LogP contribution in [0.4, 0.5) is 13.2 Å². The molecule has 0 bridgehead atoms. The maximum Gasteiger partial charge on any atom is 0.446 e. The molecule has 16 heavy (non-hydrogen) atoms. The lowest BCUT2D eigenvalue weighted by molar-refractivity contribution is -0.0328. The van der Waals surface area contributed by atoms with Crippen LogP contribution in [-0.2, 0) is 6.42 Å². The first-order valence-corrected chi connectivity index (χ1v) is 6.23. The minimum atomic E-state index is -4.28. The van der Waals surface area contributed by atoms with Crippen LogP contribution in [0.3, 0.4) is 0 Å². The highest BCUT2D eigenvalue weighted by molar-refractivity contribution is 14.1. The van der Waals surface area contributed by atoms with Gasteiger partial charge in [0.1, 0.15) is 0 Å². The average Bonchev–Trinajstić information content (AvgIpc) is 2.16. The smallest absolute Gasteiger partial charge is 0.198 e. The van der Waals surface area contributed by atoms with E-state index in [0.717, 1.165) is 3.57 Å². The summed E-state index contributed by atoms with van der Waals surface area (Å²) >= 11 is 1.91. The van der Waals surface area contributed by atoms with E-state index in [9.17, 15) is 13.2 Å². The van der Waals surface area contributed by atoms with E-state index in [1.165, 1.54) is 6.07 Å². The highest BCUT2D eigenvalue weighted by Gasteiger charge is 2.30. The Labute approximate surface area is 109 Å². The van der Waals surface area contributed by atoms with Gasteiger partial charge >= 0.3 is 5.51 Å². The average molecular weight is 357 g/mol. The number of halogens is 4. The summed E-state index contributed by atoms with van der Waals surface area (Å²) in [4.78, 5) is 0.183. The number of rotatable bonds is 3. The lowest BCUT2D eigenvalue weighted by atomic mass is 10.1. The second-order valence-corrected chi connectivity index (χ2v) is 5.31. The van der Waals surface area contributed by atoms with Crippen molar-refractivity contribution >= 4 is 34.4 Å². The van der Waals surface area contributed by atoms with Gasteiger partial charge in [-0.15, -0.1) is 0 Å². The normalized spacial score (nSPS) is 11.2. The topological polar surface area (TPSA) is 23.8 Å². The van der Waals surface area contributed by atoms with Gasteiger partial charge in [0.15, 0.2) is 0 Å². The molecule has 86 valence electrons. The fourth-order valence-corrected chi connectivity index (χ4v) is 2.39. The zero-order chi connectivity index (χ0) is 12.2. The lowest BCUT2D eigenvalue weighted by Crippen LogP contribution is -2.01. The van der Waals surface area contributed by atoms with Crippen molar-refractivity contribution in [3.63, 3.8) is 0 Å². The fraction of sp³-hybridized carbons (Fsp3) is 0.300. The Kier molecular flexibility index (Phi) is 4.92. The predicted molar refractivity (Wildman–Crippen MR) is 65.0 cm³/mol. The maximum absolute atomic E-state index is 12.2. The van der Waals surface area contributed by atoms with Crippen molar-refractivity contribution in [3.05, 3.63) is 27.3 Å². The number of thioether (sulfide) groups is 1. The highest BCUT2D eigenvalue weighted by atomic mass is 127. The molecule has 0 aromatic heterocycles. The van der Waals surface area contributed by atoms with Crippen LogP contribution < -0.4 is 0 Å². The summed E-state index contributed by atoms with van der Waals surface area (Å²) in [6, 6.07) is 6.70. The quantitative estimate of drug-likeness (QED) is 0.593. The Bertz CT molecular complexity index is 412. The van der Waals surface area contributed by atoms with Crippen LogP contribution in [-0.4, -0.2) is 5.51 Å². The standard InChI is InChI=1S/C10H7F3INS/c11-10(12,13)16-9-4-3-8(14)6-7(9)2-1-5-15/h3-4,6H,1-2H2. The third kappa shape index (κ3) is 4.61. The Morgan fingerprint density at radius 3 is 2.62 bits per heavy atom. The second-order valence-electron chi connectivity index (χ2n) is 2.96. The number of nitriles is 1. The summed E-state index contributed by atoms with van der Waals surface area (Å²) in [6.07, 6.45) is 0.581. The molecule has 0 saturated heterocycles. The van der Waals surface area contributed by atoms with Gasteiger partial charge in [-0.25, -0.2) is 0 Å². The van der Waals surface area contributed by atoms with E-state index in [0.29, 0.717) is 12.0 Å². The van der Waals surface area contributed by atoms with Crippen molar-refractivity contribution in [1.29, 1.82) is 5.26 Å². The summed E-state index contributed by atoms with van der Waals surface area (Å²) < 4.78 is 37.6. The predicted octanol–water partition coefficient (Wildman–Crippen LogP) is 4.36. The van der Waals surface area contributed by atoms with Crippen LogP contribution in [0.25, 0.3) is 0 Å². The number of benzene rings is 1. The van der Waals surface area contributed by atoms with Gasteiger partial charge in [-0.3, -0.25) is 0 Å². The van der Waals surface area contributed by atoms with Crippen molar-refractivity contribution in [2.75, 3.05) is 0 Å². The molecule has 0 spiro atoms. The monoisotopic (exact) mass is 357 g/mol. The van der Waals surface area contributed by atoms with Crippen molar-refractivity contribution < 1.29 is 13.2 Å². The van der Waals surface area contributed by atoms with Gasteiger partial charge in [-0.2, -0.15) is 18.4 Å². The van der Waals surface area contributed by atoms with Gasteiger partial charge in [0.2, 0.25) is 0 Å². The number of alkyl halides is 3. The van der Waals surface area contributed by atoms with Gasteiger partial charge < -0.3 is 0 Å². The molecule has 0 heterocycles. The summed E-state index contributed by atoms with van der Waals surface area (Å²) in [7, 11) is 0. The molecule has 0 unspecified atom stereocenters. The van der Waals surface area contributed by atoms with E-state index in [2.05, 4.69) is 0 Å². The van der Waals surface area contributed by atoms with Crippen molar-refractivity contribution in [2.24, 2.45) is 0 Å². The summed E-state index contributed by atoms with van der Waals surface area (Å²) in [5, 5.41) is 8.44. The summed E-state index contributed by atoms with van der Waals surface area (Å²) in [5.41, 5.74) is -3.70. The summed E-state index contributed by atoms with van der Waals surface area (Å²) in [5.74, 6) is 0. The first kappa shape index (κ1) is 13.6. The number of nitrogens with zero attached hydrogens (tertiary/aromatic N) is 1. The molecule has 6 heteroatoms. The number of hydrogen-bond donors (Lipinski definition) is 0. The third-order valence-electron chi connectivity index (χ3n) is 1.75. The van der Waals surface area contributed by atoms with E-state index < -0.39 is 5.51 Å². The maximum atomic E-state index is 12.2. The first-order chi connectivity index (χ1) is 7.42. The van der Waals surface area contributed by atoms with Crippen molar-refractivity contribution in [3.8, 4) is 6.07 Å². The van der Waals surface area contributed by atoms with E-state index in [1.54, 1.807) is 12.1 Å².